The molecule has 0 spiro atoms. The van der Waals surface area contributed by atoms with Crippen molar-refractivity contribution in [3.05, 3.63) is 95.8 Å². The summed E-state index contributed by atoms with van der Waals surface area (Å²) in [7, 11) is 0. The molecule has 2 aromatic carbocycles. The standard InChI is InChI=1S/C37H51N7O4/c1-6-10-31(43-36(48)32(22-37(3,4)5)44-34(46)28-17-19-39-20-18-28)35(47)42-30(21-26-11-8-7-9-12-26)24-40-25(2)33(45)41-23-27-13-15-29(38)16-14-27/h7-9,11-20,25,30-32,40H,6,10,21-24,38H2,1-5H3,(H,41,45)(H,42,47)(H,43,48)(H,44,46)/p+1/t25-,30-,31-,32-/m0/s1. The van der Waals surface area contributed by atoms with E-state index in [1.165, 1.54) is 0 Å². The Morgan fingerprint density at radius 1 is 0.792 bits per heavy atom. The summed E-state index contributed by atoms with van der Waals surface area (Å²) in [5.41, 5.74) is 8.52. The molecule has 0 radical (unpaired) electrons. The molecule has 0 unspecified atom stereocenters. The number of pyridine rings is 1. The first-order valence-electron chi connectivity index (χ1n) is 16.6. The van der Waals surface area contributed by atoms with Gasteiger partial charge in [0.2, 0.25) is 17.7 Å². The van der Waals surface area contributed by atoms with E-state index in [4.69, 9.17) is 5.73 Å². The number of nitrogens with two attached hydrogens (primary N) is 1. The number of amides is 4. The molecule has 0 bridgehead atoms. The summed E-state index contributed by atoms with van der Waals surface area (Å²) >= 11 is 0. The number of benzene rings is 2. The zero-order valence-corrected chi connectivity index (χ0v) is 28.8. The highest BCUT2D eigenvalue weighted by Crippen LogP contribution is 2.21. The van der Waals surface area contributed by atoms with E-state index in [1.54, 1.807) is 43.6 Å². The number of anilines is 1. The molecule has 0 saturated heterocycles. The third-order valence-corrected chi connectivity index (χ3v) is 7.81. The lowest BCUT2D eigenvalue weighted by molar-refractivity contribution is -0.378. The van der Waals surface area contributed by atoms with Gasteiger partial charge < -0.3 is 32.3 Å². The van der Waals surface area contributed by atoms with E-state index in [0.717, 1.165) is 11.1 Å². The van der Waals surface area contributed by atoms with Crippen molar-refractivity contribution in [2.75, 3.05) is 12.3 Å². The van der Waals surface area contributed by atoms with Crippen LogP contribution in [-0.2, 0) is 27.3 Å². The minimum absolute atomic E-state index is 0.173. The van der Waals surface area contributed by atoms with Crippen LogP contribution in [0.15, 0.2) is 79.1 Å². The van der Waals surface area contributed by atoms with Crippen molar-refractivity contribution in [1.29, 1.82) is 0 Å². The molecule has 0 saturated carbocycles. The maximum Gasteiger partial charge on any atom is 0.252 e. The summed E-state index contributed by atoms with van der Waals surface area (Å²) in [6, 6.07) is 17.8. The highest BCUT2D eigenvalue weighted by atomic mass is 16.2. The van der Waals surface area contributed by atoms with E-state index < -0.39 is 24.0 Å². The normalized spacial score (nSPS) is 13.8. The molecular formula is C37H52N7O4+. The van der Waals surface area contributed by atoms with Gasteiger partial charge >= 0.3 is 0 Å². The first-order chi connectivity index (χ1) is 22.8. The number of hydrogen-bond acceptors (Lipinski definition) is 6. The van der Waals surface area contributed by atoms with Crippen LogP contribution in [0.25, 0.3) is 0 Å². The summed E-state index contributed by atoms with van der Waals surface area (Å²) in [6.45, 7) is 10.4. The summed E-state index contributed by atoms with van der Waals surface area (Å²) in [6.07, 6.45) is 5.25. The van der Waals surface area contributed by atoms with Crippen LogP contribution >= 0.6 is 0 Å². The number of aromatic amines is 1. The second kappa shape index (κ2) is 18.5. The molecule has 4 atom stereocenters. The molecule has 8 N–H and O–H groups in total. The molecule has 3 rings (SSSR count). The second-order valence-electron chi connectivity index (χ2n) is 13.4. The zero-order valence-electron chi connectivity index (χ0n) is 28.8. The van der Waals surface area contributed by atoms with Gasteiger partial charge in [-0.05, 0) is 54.9 Å². The number of carbonyl (C=O) groups excluding carboxylic acids is 4. The third-order valence-electron chi connectivity index (χ3n) is 7.81. The van der Waals surface area contributed by atoms with E-state index in [1.807, 2.05) is 70.2 Å². The molecule has 0 aliphatic heterocycles. The summed E-state index contributed by atoms with van der Waals surface area (Å²) in [5, 5.41) is 15.1. The number of nitrogens with one attached hydrogen (secondary N) is 6. The van der Waals surface area contributed by atoms with Crippen LogP contribution in [-0.4, -0.2) is 54.3 Å². The molecule has 11 nitrogen and oxygen atoms in total. The highest BCUT2D eigenvalue weighted by Gasteiger charge is 2.31. The smallest absolute Gasteiger partial charge is 0.252 e. The Bertz CT molecular complexity index is 1460. The van der Waals surface area contributed by atoms with Crippen molar-refractivity contribution in [3.8, 4) is 0 Å². The van der Waals surface area contributed by atoms with Gasteiger partial charge in [0.25, 0.3) is 5.91 Å². The topological polar surface area (TPSA) is 169 Å². The minimum atomic E-state index is -0.844. The predicted octanol–water partition coefficient (Wildman–Crippen LogP) is 2.92. The maximum absolute atomic E-state index is 13.8. The number of carbonyl (C=O) groups is 4. The summed E-state index contributed by atoms with van der Waals surface area (Å²) in [5.74, 6) is -1.29. The van der Waals surface area contributed by atoms with Crippen molar-refractivity contribution >= 4 is 29.3 Å². The number of rotatable bonds is 17. The van der Waals surface area contributed by atoms with Crippen molar-refractivity contribution in [3.63, 3.8) is 0 Å². The van der Waals surface area contributed by atoms with Gasteiger partial charge in [-0.2, -0.15) is 0 Å². The van der Waals surface area contributed by atoms with Gasteiger partial charge in [-0.3, -0.25) is 19.2 Å². The maximum atomic E-state index is 13.8. The van der Waals surface area contributed by atoms with E-state index in [9.17, 15) is 19.2 Å². The second-order valence-corrected chi connectivity index (χ2v) is 13.4. The minimum Gasteiger partial charge on any atom is -0.399 e. The molecule has 1 aromatic heterocycles. The Labute approximate surface area is 284 Å². The number of nitrogen functional groups attached to an aromatic ring is 1. The van der Waals surface area contributed by atoms with Gasteiger partial charge in [-0.15, -0.1) is 0 Å². The van der Waals surface area contributed by atoms with Crippen LogP contribution < -0.4 is 37.3 Å². The van der Waals surface area contributed by atoms with Crippen LogP contribution in [0, 0.1) is 5.41 Å². The molecule has 0 aliphatic carbocycles. The summed E-state index contributed by atoms with van der Waals surface area (Å²) in [4.78, 5) is 56.1. The average molecular weight is 659 g/mol. The van der Waals surface area contributed by atoms with Crippen LogP contribution in [0.4, 0.5) is 5.69 Å². The lowest BCUT2D eigenvalue weighted by Crippen LogP contribution is -2.57. The molecule has 48 heavy (non-hydrogen) atoms. The fraction of sp³-hybridized carbons (Fsp3) is 0.432. The van der Waals surface area contributed by atoms with Gasteiger partial charge in [0.15, 0.2) is 12.4 Å². The van der Waals surface area contributed by atoms with Gasteiger partial charge in [-0.25, -0.2) is 4.98 Å². The van der Waals surface area contributed by atoms with E-state index in [0.29, 0.717) is 50.0 Å². The Balaban J connectivity index is 1.68. The predicted molar refractivity (Wildman–Crippen MR) is 187 cm³/mol. The van der Waals surface area contributed by atoms with E-state index >= 15 is 0 Å². The zero-order chi connectivity index (χ0) is 35.1. The molecule has 3 aromatic rings. The Morgan fingerprint density at radius 3 is 2.06 bits per heavy atom. The van der Waals surface area contributed by atoms with Gasteiger partial charge in [0.05, 0.1) is 11.6 Å². The molecule has 11 heteroatoms. The molecule has 0 fully saturated rings. The number of hydrogen-bond donors (Lipinski definition) is 6. The molecular weight excluding hydrogens is 606 g/mol. The molecule has 0 aliphatic rings. The Morgan fingerprint density at radius 2 is 1.44 bits per heavy atom. The van der Waals surface area contributed by atoms with Crippen molar-refractivity contribution in [2.24, 2.45) is 5.41 Å². The summed E-state index contributed by atoms with van der Waals surface area (Å²) < 4.78 is 0. The van der Waals surface area contributed by atoms with Crippen molar-refractivity contribution in [1.82, 2.24) is 26.6 Å². The Hall–Kier alpha value is -4.77. The van der Waals surface area contributed by atoms with Gasteiger partial charge in [-0.1, -0.05) is 76.6 Å². The molecule has 1 heterocycles. The number of aromatic nitrogens is 1. The van der Waals surface area contributed by atoms with E-state index in [2.05, 4.69) is 31.6 Å². The van der Waals surface area contributed by atoms with Gasteiger partial charge in [0.1, 0.15) is 12.1 Å². The SMILES string of the molecule is CCC[C@H](NC(=O)[C@H](CC(C)(C)C)NC(=O)c1cc[nH+]cc1)C(=O)N[C@H](CN[C@@H](C)C(=O)NCc1ccc(N)cc1)Cc1ccccc1. The fourth-order valence-corrected chi connectivity index (χ4v) is 5.20. The van der Waals surface area contributed by atoms with Crippen LogP contribution in [0.3, 0.4) is 0 Å². The van der Waals surface area contributed by atoms with Gasteiger partial charge in [0, 0.05) is 37.0 Å². The monoisotopic (exact) mass is 658 g/mol. The Kier molecular flexibility index (Phi) is 14.6. The average Bonchev–Trinajstić information content (AvgIpc) is 3.06. The van der Waals surface area contributed by atoms with E-state index in [-0.39, 0.29) is 29.2 Å². The highest BCUT2D eigenvalue weighted by molar-refractivity contribution is 5.98. The quantitative estimate of drug-likeness (QED) is 0.122. The molecule has 258 valence electrons. The van der Waals surface area contributed by atoms with Crippen LogP contribution in [0.5, 0.6) is 0 Å². The molecule has 4 amide bonds. The largest absolute Gasteiger partial charge is 0.399 e. The first-order valence-corrected chi connectivity index (χ1v) is 16.6. The van der Waals surface area contributed by atoms with Crippen LogP contribution in [0.2, 0.25) is 0 Å². The van der Waals surface area contributed by atoms with Crippen LogP contribution in [0.1, 0.15) is 75.4 Å². The lowest BCUT2D eigenvalue weighted by atomic mass is 9.87. The fourth-order valence-electron chi connectivity index (χ4n) is 5.20. The van der Waals surface area contributed by atoms with Crippen molar-refractivity contribution in [2.45, 2.75) is 91.0 Å². The van der Waals surface area contributed by atoms with Crippen molar-refractivity contribution < 1.29 is 24.2 Å². The third kappa shape index (κ3) is 13.2. The number of H-pyrrole nitrogens is 1. The first kappa shape index (κ1) is 37.7. The lowest BCUT2D eigenvalue weighted by Gasteiger charge is -2.29.